The number of hydrogen-bond acceptors (Lipinski definition) is 2. The second-order valence-corrected chi connectivity index (χ2v) is 7.99. The van der Waals surface area contributed by atoms with Crippen LogP contribution in [0.15, 0.2) is 0 Å². The van der Waals surface area contributed by atoms with E-state index in [0.29, 0.717) is 5.41 Å². The van der Waals surface area contributed by atoms with Crippen LogP contribution in [0.25, 0.3) is 0 Å². The molecule has 1 aromatic rings. The van der Waals surface area contributed by atoms with Gasteiger partial charge in [-0.25, -0.2) is 0 Å². The zero-order valence-corrected chi connectivity index (χ0v) is 12.9. The van der Waals surface area contributed by atoms with Crippen molar-refractivity contribution in [2.24, 2.45) is 30.2 Å². The molecule has 1 heterocycles. The lowest BCUT2D eigenvalue weighted by atomic mass is 9.48. The minimum atomic E-state index is 0.656. The van der Waals surface area contributed by atoms with Gasteiger partial charge in [0.25, 0.3) is 0 Å². The lowest BCUT2D eigenvalue weighted by Crippen LogP contribution is -2.46. The highest BCUT2D eigenvalue weighted by Gasteiger charge is 2.50. The lowest BCUT2D eigenvalue weighted by Gasteiger charge is -2.57. The van der Waals surface area contributed by atoms with E-state index in [0.717, 1.165) is 35.7 Å². The molecule has 0 radical (unpaired) electrons. The van der Waals surface area contributed by atoms with E-state index in [1.54, 1.807) is 0 Å². The molecule has 4 bridgehead atoms. The minimum Gasteiger partial charge on any atom is -0.384 e. The van der Waals surface area contributed by atoms with Gasteiger partial charge in [-0.3, -0.25) is 4.68 Å². The molecular formula is C17H27N3. The average Bonchev–Trinajstić information content (AvgIpc) is 2.59. The van der Waals surface area contributed by atoms with Gasteiger partial charge < -0.3 is 5.73 Å². The number of aromatic nitrogens is 2. The van der Waals surface area contributed by atoms with Crippen molar-refractivity contribution in [1.29, 1.82) is 0 Å². The molecule has 4 aliphatic carbocycles. The van der Waals surface area contributed by atoms with Gasteiger partial charge in [0.1, 0.15) is 5.82 Å². The average molecular weight is 273 g/mol. The van der Waals surface area contributed by atoms with Crippen molar-refractivity contribution in [3.05, 3.63) is 11.3 Å². The molecule has 110 valence electrons. The molecule has 0 atom stereocenters. The SMILES string of the molecule is Cc1nn(C)c(N)c1CCC12CC3CC(CC(C3)C1)C2. The second kappa shape index (κ2) is 4.25. The molecule has 0 aromatic carbocycles. The van der Waals surface area contributed by atoms with Crippen LogP contribution in [0, 0.1) is 30.1 Å². The van der Waals surface area contributed by atoms with E-state index in [1.807, 2.05) is 11.7 Å². The first-order valence-corrected chi connectivity index (χ1v) is 8.33. The summed E-state index contributed by atoms with van der Waals surface area (Å²) in [6.45, 7) is 2.10. The molecule has 0 aliphatic heterocycles. The quantitative estimate of drug-likeness (QED) is 0.916. The summed E-state index contributed by atoms with van der Waals surface area (Å²) in [7, 11) is 1.95. The number of hydrogen-bond donors (Lipinski definition) is 1. The van der Waals surface area contributed by atoms with Crippen LogP contribution in [0.4, 0.5) is 5.82 Å². The molecule has 4 aliphatic rings. The summed E-state index contributed by atoms with van der Waals surface area (Å²) in [5, 5.41) is 4.47. The Hall–Kier alpha value is -0.990. The van der Waals surface area contributed by atoms with Crippen molar-refractivity contribution in [1.82, 2.24) is 9.78 Å². The molecule has 3 nitrogen and oxygen atoms in total. The molecule has 0 amide bonds. The number of nitrogens with two attached hydrogens (primary N) is 1. The van der Waals surface area contributed by atoms with Gasteiger partial charge >= 0.3 is 0 Å². The fourth-order valence-corrected chi connectivity index (χ4v) is 6.02. The standard InChI is InChI=1S/C17H27N3/c1-11-15(16(18)20(2)19-11)3-4-17-8-12-5-13(9-17)7-14(6-12)10-17/h12-14H,3-10,18H2,1-2H3. The molecule has 20 heavy (non-hydrogen) atoms. The van der Waals surface area contributed by atoms with Crippen molar-refractivity contribution >= 4 is 5.82 Å². The van der Waals surface area contributed by atoms with Gasteiger partial charge in [-0.2, -0.15) is 5.10 Å². The van der Waals surface area contributed by atoms with E-state index in [1.165, 1.54) is 50.5 Å². The van der Waals surface area contributed by atoms with Gasteiger partial charge in [-0.15, -0.1) is 0 Å². The highest BCUT2D eigenvalue weighted by molar-refractivity contribution is 5.43. The summed E-state index contributed by atoms with van der Waals surface area (Å²) in [5.41, 5.74) is 9.28. The first-order chi connectivity index (χ1) is 9.55. The van der Waals surface area contributed by atoms with E-state index >= 15 is 0 Å². The number of aryl methyl sites for hydroxylation is 2. The Morgan fingerprint density at radius 3 is 2.15 bits per heavy atom. The maximum absolute atomic E-state index is 6.18. The Labute approximate surface area is 121 Å². The first kappa shape index (κ1) is 12.7. The predicted octanol–water partition coefficient (Wildman–Crippen LogP) is 3.46. The summed E-state index contributed by atoms with van der Waals surface area (Å²) in [5.74, 6) is 4.03. The van der Waals surface area contributed by atoms with Crippen LogP contribution in [-0.2, 0) is 13.5 Å². The lowest BCUT2D eigenvalue weighted by molar-refractivity contribution is -0.0569. The molecule has 3 heteroatoms. The summed E-state index contributed by atoms with van der Waals surface area (Å²) in [6, 6.07) is 0. The van der Waals surface area contributed by atoms with E-state index in [-0.39, 0.29) is 0 Å². The van der Waals surface area contributed by atoms with Gasteiger partial charge in [0.2, 0.25) is 0 Å². The van der Waals surface area contributed by atoms with E-state index in [9.17, 15) is 0 Å². The van der Waals surface area contributed by atoms with Crippen molar-refractivity contribution in [2.75, 3.05) is 5.73 Å². The topological polar surface area (TPSA) is 43.8 Å². The van der Waals surface area contributed by atoms with Crippen LogP contribution in [0.2, 0.25) is 0 Å². The fraction of sp³-hybridized carbons (Fsp3) is 0.824. The first-order valence-electron chi connectivity index (χ1n) is 8.33. The second-order valence-electron chi connectivity index (χ2n) is 7.99. The Kier molecular flexibility index (Phi) is 2.71. The summed E-state index contributed by atoms with van der Waals surface area (Å²) in [4.78, 5) is 0. The molecule has 0 spiro atoms. The van der Waals surface area contributed by atoms with Gasteiger partial charge in [-0.05, 0) is 81.5 Å². The van der Waals surface area contributed by atoms with Crippen molar-refractivity contribution in [2.45, 2.75) is 58.3 Å². The summed E-state index contributed by atoms with van der Waals surface area (Å²) in [6.07, 6.45) is 11.6. The van der Waals surface area contributed by atoms with E-state index in [2.05, 4.69) is 12.0 Å². The van der Waals surface area contributed by atoms with Crippen molar-refractivity contribution in [3.8, 4) is 0 Å². The summed E-state index contributed by atoms with van der Waals surface area (Å²) >= 11 is 0. The molecule has 4 saturated carbocycles. The number of nitrogens with zero attached hydrogens (tertiary/aromatic N) is 2. The zero-order valence-electron chi connectivity index (χ0n) is 12.9. The van der Waals surface area contributed by atoms with Crippen LogP contribution >= 0.6 is 0 Å². The van der Waals surface area contributed by atoms with E-state index < -0.39 is 0 Å². The zero-order chi connectivity index (χ0) is 13.9. The summed E-state index contributed by atoms with van der Waals surface area (Å²) < 4.78 is 1.84. The normalized spacial score (nSPS) is 38.6. The number of anilines is 1. The Morgan fingerprint density at radius 1 is 1.15 bits per heavy atom. The minimum absolute atomic E-state index is 0.656. The molecule has 0 unspecified atom stereocenters. The maximum atomic E-state index is 6.18. The van der Waals surface area contributed by atoms with Crippen LogP contribution in [0.1, 0.15) is 56.2 Å². The fourth-order valence-electron chi connectivity index (χ4n) is 6.02. The third kappa shape index (κ3) is 1.89. The van der Waals surface area contributed by atoms with Gasteiger partial charge in [-0.1, -0.05) is 0 Å². The smallest absolute Gasteiger partial charge is 0.124 e. The van der Waals surface area contributed by atoms with Crippen LogP contribution in [0.5, 0.6) is 0 Å². The largest absolute Gasteiger partial charge is 0.384 e. The van der Waals surface area contributed by atoms with Gasteiger partial charge in [0, 0.05) is 12.6 Å². The molecule has 4 fully saturated rings. The predicted molar refractivity (Wildman–Crippen MR) is 81.3 cm³/mol. The van der Waals surface area contributed by atoms with Gasteiger partial charge in [0.05, 0.1) is 5.69 Å². The third-order valence-electron chi connectivity index (χ3n) is 6.46. The monoisotopic (exact) mass is 273 g/mol. The molecular weight excluding hydrogens is 246 g/mol. The molecule has 1 aromatic heterocycles. The van der Waals surface area contributed by atoms with E-state index in [4.69, 9.17) is 5.73 Å². The highest BCUT2D eigenvalue weighted by atomic mass is 15.3. The maximum Gasteiger partial charge on any atom is 0.124 e. The van der Waals surface area contributed by atoms with Crippen LogP contribution < -0.4 is 5.73 Å². The third-order valence-corrected chi connectivity index (χ3v) is 6.46. The van der Waals surface area contributed by atoms with Crippen LogP contribution in [-0.4, -0.2) is 9.78 Å². The Bertz CT molecular complexity index is 493. The molecule has 0 saturated heterocycles. The Balaban J connectivity index is 1.52. The number of nitrogen functional groups attached to an aromatic ring is 1. The molecule has 5 rings (SSSR count). The van der Waals surface area contributed by atoms with Crippen molar-refractivity contribution in [3.63, 3.8) is 0 Å². The number of rotatable bonds is 3. The molecule has 2 N–H and O–H groups in total. The van der Waals surface area contributed by atoms with Crippen molar-refractivity contribution < 1.29 is 0 Å². The Morgan fingerprint density at radius 2 is 1.70 bits per heavy atom. The highest BCUT2D eigenvalue weighted by Crippen LogP contribution is 2.61. The van der Waals surface area contributed by atoms with Gasteiger partial charge in [0.15, 0.2) is 0 Å². The van der Waals surface area contributed by atoms with Crippen LogP contribution in [0.3, 0.4) is 0 Å².